The average Bonchev–Trinajstić information content (AvgIpc) is 3.20. The van der Waals surface area contributed by atoms with Gasteiger partial charge in [0.25, 0.3) is 5.91 Å². The van der Waals surface area contributed by atoms with Gasteiger partial charge in [0.15, 0.2) is 5.82 Å². The highest BCUT2D eigenvalue weighted by Crippen LogP contribution is 2.44. The van der Waals surface area contributed by atoms with Gasteiger partial charge in [-0.2, -0.15) is 8.42 Å². The zero-order valence-electron chi connectivity index (χ0n) is 11.8. The molecule has 3 N–H and O–H groups in total. The minimum atomic E-state index is -4.24. The Morgan fingerprint density at radius 2 is 2.09 bits per heavy atom. The van der Waals surface area contributed by atoms with Crippen LogP contribution in [-0.2, 0) is 15.0 Å². The second kappa shape index (κ2) is 5.11. The molecule has 23 heavy (non-hydrogen) atoms. The lowest BCUT2D eigenvalue weighted by atomic mass is 10.1. The number of amides is 1. The second-order valence-electron chi connectivity index (χ2n) is 5.52. The molecule has 1 aliphatic heterocycles. The summed E-state index contributed by atoms with van der Waals surface area (Å²) >= 11 is 0. The first-order valence-electron chi connectivity index (χ1n) is 6.77. The van der Waals surface area contributed by atoms with Crippen LogP contribution in [0.4, 0.5) is 10.1 Å². The number of rotatable bonds is 2. The molecule has 1 saturated carbocycles. The molecule has 7 nitrogen and oxygen atoms in total. The fourth-order valence-electron chi connectivity index (χ4n) is 2.21. The maximum atomic E-state index is 14.6. The number of phenols is 1. The van der Waals surface area contributed by atoms with Gasteiger partial charge >= 0.3 is 10.2 Å². The summed E-state index contributed by atoms with van der Waals surface area (Å²) in [7, 11) is -4.24. The van der Waals surface area contributed by atoms with Crippen LogP contribution in [-0.4, -0.2) is 37.7 Å². The summed E-state index contributed by atoms with van der Waals surface area (Å²) in [4.78, 5) is 11.3. The number of hydrogen-bond donors (Lipinski definition) is 3. The number of anilines is 1. The molecule has 0 spiro atoms. The number of benzene rings is 1. The molecule has 122 valence electrons. The Morgan fingerprint density at radius 1 is 1.39 bits per heavy atom. The van der Waals surface area contributed by atoms with Crippen LogP contribution in [0.15, 0.2) is 12.1 Å². The Hall–Kier alpha value is -2.31. The maximum Gasteiger partial charge on any atom is 0.326 e. The number of aliphatic hydroxyl groups excluding tert-OH is 1. The summed E-state index contributed by atoms with van der Waals surface area (Å²) in [5.74, 6) is 2.87. The van der Waals surface area contributed by atoms with Crippen molar-refractivity contribution in [3.05, 3.63) is 23.5 Å². The van der Waals surface area contributed by atoms with E-state index >= 15 is 0 Å². The van der Waals surface area contributed by atoms with Crippen LogP contribution in [0.1, 0.15) is 18.4 Å². The van der Waals surface area contributed by atoms with Gasteiger partial charge in [0, 0.05) is 0 Å². The molecule has 1 saturated heterocycles. The van der Waals surface area contributed by atoms with Gasteiger partial charge in [-0.05, 0) is 25.0 Å². The molecular formula is C14H13FN2O5S. The van der Waals surface area contributed by atoms with Crippen LogP contribution in [0.2, 0.25) is 0 Å². The van der Waals surface area contributed by atoms with E-state index in [-0.39, 0.29) is 12.2 Å². The molecule has 0 aromatic heterocycles. The normalized spacial score (nSPS) is 20.6. The number of phenolic OH excluding ortho intramolecular Hbond substituents is 1. The van der Waals surface area contributed by atoms with Crippen molar-refractivity contribution in [2.45, 2.75) is 12.8 Å². The average molecular weight is 340 g/mol. The highest BCUT2D eigenvalue weighted by atomic mass is 32.2. The maximum absolute atomic E-state index is 14.6. The van der Waals surface area contributed by atoms with Crippen molar-refractivity contribution in [1.29, 1.82) is 0 Å². The summed E-state index contributed by atoms with van der Waals surface area (Å²) in [6, 6.07) is 2.33. The van der Waals surface area contributed by atoms with Crippen LogP contribution in [0.5, 0.6) is 5.75 Å². The molecule has 1 heterocycles. The summed E-state index contributed by atoms with van der Waals surface area (Å²) < 4.78 is 40.4. The molecule has 1 aliphatic carbocycles. The van der Waals surface area contributed by atoms with Crippen LogP contribution in [0.3, 0.4) is 0 Å². The minimum absolute atomic E-state index is 0.118. The Bertz CT molecular complexity index is 852. The predicted molar refractivity (Wildman–Crippen MR) is 78.1 cm³/mol. The molecule has 1 amide bonds. The van der Waals surface area contributed by atoms with Crippen LogP contribution < -0.4 is 9.03 Å². The van der Waals surface area contributed by atoms with Gasteiger partial charge in [-0.3, -0.25) is 4.79 Å². The molecule has 0 unspecified atom stereocenters. The SMILES string of the molecule is O=C1CN(c2c(O)ccc(C#CC3(CO)CC3)c2F)S(=O)(=O)N1. The number of halogens is 1. The number of carbonyl (C=O) groups excluding carboxylic acids is 1. The zero-order valence-corrected chi connectivity index (χ0v) is 12.7. The highest BCUT2D eigenvalue weighted by molar-refractivity contribution is 7.92. The van der Waals surface area contributed by atoms with Gasteiger partial charge in [0.05, 0.1) is 17.6 Å². The lowest BCUT2D eigenvalue weighted by Crippen LogP contribution is -2.30. The molecule has 2 fully saturated rings. The first-order valence-corrected chi connectivity index (χ1v) is 8.21. The van der Waals surface area contributed by atoms with E-state index in [0.29, 0.717) is 17.1 Å². The summed E-state index contributed by atoms with van der Waals surface area (Å²) in [6.07, 6.45) is 1.42. The third-order valence-corrected chi connectivity index (χ3v) is 5.16. The molecule has 1 aromatic carbocycles. The van der Waals surface area contributed by atoms with Crippen molar-refractivity contribution >= 4 is 21.8 Å². The largest absolute Gasteiger partial charge is 0.506 e. The van der Waals surface area contributed by atoms with E-state index in [1.54, 1.807) is 4.72 Å². The lowest BCUT2D eigenvalue weighted by Gasteiger charge is -2.17. The summed E-state index contributed by atoms with van der Waals surface area (Å²) in [5.41, 5.74) is -1.27. The van der Waals surface area contributed by atoms with Crippen molar-refractivity contribution in [2.75, 3.05) is 17.5 Å². The number of nitrogens with one attached hydrogen (secondary N) is 1. The summed E-state index contributed by atoms with van der Waals surface area (Å²) in [6.45, 7) is -0.754. The third kappa shape index (κ3) is 2.71. The Kier molecular flexibility index (Phi) is 3.46. The van der Waals surface area contributed by atoms with E-state index in [1.807, 2.05) is 0 Å². The third-order valence-electron chi connectivity index (χ3n) is 3.78. The van der Waals surface area contributed by atoms with Crippen LogP contribution in [0, 0.1) is 23.1 Å². The molecule has 0 radical (unpaired) electrons. The van der Waals surface area contributed by atoms with Crippen molar-refractivity contribution in [3.8, 4) is 17.6 Å². The van der Waals surface area contributed by atoms with E-state index in [4.69, 9.17) is 0 Å². The quantitative estimate of drug-likeness (QED) is 0.649. The van der Waals surface area contributed by atoms with Crippen molar-refractivity contribution < 1.29 is 27.8 Å². The number of carbonyl (C=O) groups is 1. The monoisotopic (exact) mass is 340 g/mol. The molecule has 3 rings (SSSR count). The molecule has 2 aliphatic rings. The van der Waals surface area contributed by atoms with Gasteiger partial charge in [-0.15, -0.1) is 0 Å². The molecule has 0 atom stereocenters. The Morgan fingerprint density at radius 3 is 2.61 bits per heavy atom. The lowest BCUT2D eigenvalue weighted by molar-refractivity contribution is -0.117. The Labute approximate surface area is 131 Å². The predicted octanol–water partition coefficient (Wildman–Crippen LogP) is -0.164. The molecular weight excluding hydrogens is 327 g/mol. The van der Waals surface area contributed by atoms with Crippen molar-refractivity contribution in [3.63, 3.8) is 0 Å². The smallest absolute Gasteiger partial charge is 0.326 e. The number of aromatic hydroxyl groups is 1. The van der Waals surface area contributed by atoms with Gasteiger partial charge in [-0.1, -0.05) is 11.8 Å². The zero-order chi connectivity index (χ0) is 16.8. The minimum Gasteiger partial charge on any atom is -0.506 e. The second-order valence-corrected chi connectivity index (χ2v) is 7.12. The fourth-order valence-corrected chi connectivity index (χ4v) is 3.37. The van der Waals surface area contributed by atoms with Crippen LogP contribution >= 0.6 is 0 Å². The molecule has 9 heteroatoms. The topological polar surface area (TPSA) is 107 Å². The number of aliphatic hydroxyl groups is 1. The van der Waals surface area contributed by atoms with Gasteiger partial charge < -0.3 is 10.2 Å². The first-order chi connectivity index (χ1) is 10.8. The molecule has 0 bridgehead atoms. The van der Waals surface area contributed by atoms with E-state index in [9.17, 15) is 27.8 Å². The van der Waals surface area contributed by atoms with Crippen molar-refractivity contribution in [1.82, 2.24) is 4.72 Å². The van der Waals surface area contributed by atoms with E-state index in [0.717, 1.165) is 6.07 Å². The van der Waals surface area contributed by atoms with Crippen LogP contribution in [0.25, 0.3) is 0 Å². The van der Waals surface area contributed by atoms with Crippen molar-refractivity contribution in [2.24, 2.45) is 5.41 Å². The van der Waals surface area contributed by atoms with E-state index < -0.39 is 45.3 Å². The number of hydrogen-bond acceptors (Lipinski definition) is 5. The van der Waals surface area contributed by atoms with E-state index in [1.165, 1.54) is 6.07 Å². The number of nitrogens with zero attached hydrogens (tertiary/aromatic N) is 1. The van der Waals surface area contributed by atoms with Gasteiger partial charge in [0.1, 0.15) is 18.0 Å². The Balaban J connectivity index is 2.05. The highest BCUT2D eigenvalue weighted by Gasteiger charge is 2.41. The van der Waals surface area contributed by atoms with Gasteiger partial charge in [-0.25, -0.2) is 13.4 Å². The first kappa shape index (κ1) is 15.6. The van der Waals surface area contributed by atoms with Gasteiger partial charge in [0.2, 0.25) is 0 Å². The summed E-state index contributed by atoms with van der Waals surface area (Å²) in [5, 5.41) is 19.0. The standard InChI is InChI=1S/C14H13FN2O5S/c15-12-9(3-4-14(8-18)5-6-14)1-2-10(19)13(12)17-7-11(20)16-23(17,21)22/h1-2,18-19H,5-8H2,(H,16,20). The fraction of sp³-hybridized carbons (Fsp3) is 0.357. The van der Waals surface area contributed by atoms with E-state index in [2.05, 4.69) is 11.8 Å². The molecule has 1 aromatic rings.